The fraction of sp³-hybridized carbons (Fsp3) is 0.333. The second-order valence-electron chi connectivity index (χ2n) is 3.97. The zero-order chi connectivity index (χ0) is 9.54. The van der Waals surface area contributed by atoms with Crippen LogP contribution < -0.4 is 0 Å². The molecule has 2 N–H and O–H groups in total. The summed E-state index contributed by atoms with van der Waals surface area (Å²) in [7, 11) is 0. The largest absolute Gasteiger partial charge is 0.388 e. The number of H-pyrrole nitrogens is 1. The number of aliphatic hydroxyl groups excluding tert-OH is 1. The highest BCUT2D eigenvalue weighted by Gasteiger charge is 2.22. The van der Waals surface area contributed by atoms with Gasteiger partial charge in [-0.25, -0.2) is 0 Å². The van der Waals surface area contributed by atoms with E-state index in [9.17, 15) is 5.11 Å². The molecule has 0 aliphatic heterocycles. The highest BCUT2D eigenvalue weighted by atomic mass is 16.3. The van der Waals surface area contributed by atoms with Gasteiger partial charge in [-0.2, -0.15) is 0 Å². The number of para-hydroxylation sites is 1. The van der Waals surface area contributed by atoms with Gasteiger partial charge in [0.25, 0.3) is 0 Å². The van der Waals surface area contributed by atoms with Gasteiger partial charge in [-0.1, -0.05) is 18.2 Å². The van der Waals surface area contributed by atoms with Crippen molar-refractivity contribution in [3.8, 4) is 0 Å². The van der Waals surface area contributed by atoms with E-state index in [0.717, 1.165) is 30.3 Å². The summed E-state index contributed by atoms with van der Waals surface area (Å²) in [5.74, 6) is 0. The maximum Gasteiger partial charge on any atom is 0.0813 e. The molecular formula is C12H13NO. The molecule has 2 aromatic rings. The van der Waals surface area contributed by atoms with Gasteiger partial charge in [-0.3, -0.25) is 0 Å². The molecule has 1 aliphatic carbocycles. The van der Waals surface area contributed by atoms with Gasteiger partial charge in [0.15, 0.2) is 0 Å². The summed E-state index contributed by atoms with van der Waals surface area (Å²) in [6, 6.07) is 8.20. The van der Waals surface area contributed by atoms with Crippen LogP contribution in [0.25, 0.3) is 10.9 Å². The molecule has 1 unspecified atom stereocenters. The Bertz CT molecular complexity index is 472. The number of aromatic amines is 1. The molecule has 0 fully saturated rings. The molecular weight excluding hydrogens is 174 g/mol. The van der Waals surface area contributed by atoms with E-state index in [0.29, 0.717) is 0 Å². The Morgan fingerprint density at radius 2 is 2.14 bits per heavy atom. The quantitative estimate of drug-likeness (QED) is 0.653. The van der Waals surface area contributed by atoms with Gasteiger partial charge in [-0.15, -0.1) is 0 Å². The first-order valence-electron chi connectivity index (χ1n) is 5.14. The first-order chi connectivity index (χ1) is 6.86. The van der Waals surface area contributed by atoms with Crippen molar-refractivity contribution >= 4 is 10.9 Å². The maximum atomic E-state index is 9.93. The van der Waals surface area contributed by atoms with Crippen molar-refractivity contribution in [2.24, 2.45) is 0 Å². The van der Waals surface area contributed by atoms with Crippen molar-refractivity contribution in [2.45, 2.75) is 25.4 Å². The van der Waals surface area contributed by atoms with E-state index < -0.39 is 0 Å². The van der Waals surface area contributed by atoms with Crippen molar-refractivity contribution in [1.29, 1.82) is 0 Å². The smallest absolute Gasteiger partial charge is 0.0813 e. The van der Waals surface area contributed by atoms with E-state index in [2.05, 4.69) is 17.1 Å². The summed E-state index contributed by atoms with van der Waals surface area (Å²) in [5, 5.41) is 11.1. The molecule has 0 saturated heterocycles. The standard InChI is InChI=1S/C12H13NO/c14-11-7-3-6-10-12(11)8-4-1-2-5-9(8)13-10/h1-2,4-5,11,13-14H,3,6-7H2. The summed E-state index contributed by atoms with van der Waals surface area (Å²) in [6.07, 6.45) is 2.78. The fourth-order valence-corrected chi connectivity index (χ4v) is 2.41. The third-order valence-electron chi connectivity index (χ3n) is 3.07. The highest BCUT2D eigenvalue weighted by Crippen LogP contribution is 2.35. The molecule has 72 valence electrons. The molecule has 1 aromatic heterocycles. The number of hydrogen-bond acceptors (Lipinski definition) is 1. The van der Waals surface area contributed by atoms with Crippen LogP contribution in [0.1, 0.15) is 30.2 Å². The van der Waals surface area contributed by atoms with E-state index >= 15 is 0 Å². The van der Waals surface area contributed by atoms with Crippen LogP contribution in [-0.4, -0.2) is 10.1 Å². The minimum Gasteiger partial charge on any atom is -0.388 e. The van der Waals surface area contributed by atoms with Crippen molar-refractivity contribution in [3.05, 3.63) is 35.5 Å². The topological polar surface area (TPSA) is 36.0 Å². The molecule has 1 aromatic carbocycles. The van der Waals surface area contributed by atoms with E-state index in [1.54, 1.807) is 0 Å². The van der Waals surface area contributed by atoms with Crippen LogP contribution in [0.15, 0.2) is 24.3 Å². The molecule has 1 atom stereocenters. The molecule has 0 amide bonds. The Kier molecular flexibility index (Phi) is 1.64. The molecule has 1 heterocycles. The van der Waals surface area contributed by atoms with Crippen LogP contribution in [0.5, 0.6) is 0 Å². The zero-order valence-corrected chi connectivity index (χ0v) is 7.96. The Morgan fingerprint density at radius 1 is 1.29 bits per heavy atom. The second kappa shape index (κ2) is 2.85. The zero-order valence-electron chi connectivity index (χ0n) is 7.96. The van der Waals surface area contributed by atoms with E-state index in [-0.39, 0.29) is 6.10 Å². The summed E-state index contributed by atoms with van der Waals surface area (Å²) >= 11 is 0. The van der Waals surface area contributed by atoms with Gasteiger partial charge < -0.3 is 10.1 Å². The van der Waals surface area contributed by atoms with Crippen LogP contribution in [0, 0.1) is 0 Å². The van der Waals surface area contributed by atoms with Crippen molar-refractivity contribution < 1.29 is 5.11 Å². The average Bonchev–Trinajstić information content (AvgIpc) is 2.57. The van der Waals surface area contributed by atoms with Crippen molar-refractivity contribution in [3.63, 3.8) is 0 Å². The number of fused-ring (bicyclic) bond motifs is 3. The predicted octanol–water partition coefficient (Wildman–Crippen LogP) is 2.54. The minimum atomic E-state index is -0.269. The normalized spacial score (nSPS) is 21.1. The van der Waals surface area contributed by atoms with Crippen molar-refractivity contribution in [1.82, 2.24) is 4.98 Å². The number of nitrogens with one attached hydrogen (secondary N) is 1. The Hall–Kier alpha value is -1.28. The van der Waals surface area contributed by atoms with Gasteiger partial charge in [0.2, 0.25) is 0 Å². The number of benzene rings is 1. The highest BCUT2D eigenvalue weighted by molar-refractivity contribution is 5.85. The summed E-state index contributed by atoms with van der Waals surface area (Å²) in [4.78, 5) is 3.39. The summed E-state index contributed by atoms with van der Waals surface area (Å²) in [6.45, 7) is 0. The number of hydrogen-bond donors (Lipinski definition) is 2. The number of aromatic nitrogens is 1. The molecule has 2 heteroatoms. The Morgan fingerprint density at radius 3 is 3.07 bits per heavy atom. The maximum absolute atomic E-state index is 9.93. The molecule has 3 rings (SSSR count). The average molecular weight is 187 g/mol. The molecule has 14 heavy (non-hydrogen) atoms. The third-order valence-corrected chi connectivity index (χ3v) is 3.07. The fourth-order valence-electron chi connectivity index (χ4n) is 2.41. The van der Waals surface area contributed by atoms with Crippen molar-refractivity contribution in [2.75, 3.05) is 0 Å². The number of aryl methyl sites for hydroxylation is 1. The number of aliphatic hydroxyl groups is 1. The van der Waals surface area contributed by atoms with Crippen LogP contribution >= 0.6 is 0 Å². The van der Waals surface area contributed by atoms with Gasteiger partial charge in [0.1, 0.15) is 0 Å². The molecule has 0 bridgehead atoms. The molecule has 2 nitrogen and oxygen atoms in total. The molecule has 1 aliphatic rings. The first kappa shape index (κ1) is 8.06. The lowest BCUT2D eigenvalue weighted by Crippen LogP contribution is -2.07. The SMILES string of the molecule is OC1CCCc2[nH]c3ccccc3c21. The lowest BCUT2D eigenvalue weighted by molar-refractivity contribution is 0.158. The second-order valence-corrected chi connectivity index (χ2v) is 3.97. The number of rotatable bonds is 0. The van der Waals surface area contributed by atoms with E-state index in [1.165, 1.54) is 11.1 Å². The van der Waals surface area contributed by atoms with Gasteiger partial charge >= 0.3 is 0 Å². The predicted molar refractivity (Wildman–Crippen MR) is 56.2 cm³/mol. The lowest BCUT2D eigenvalue weighted by Gasteiger charge is -2.17. The lowest BCUT2D eigenvalue weighted by atomic mass is 9.93. The van der Waals surface area contributed by atoms with Crippen LogP contribution in [0.4, 0.5) is 0 Å². The van der Waals surface area contributed by atoms with Crippen LogP contribution in [0.2, 0.25) is 0 Å². The Labute approximate surface area is 82.6 Å². The monoisotopic (exact) mass is 187 g/mol. The summed E-state index contributed by atoms with van der Waals surface area (Å²) in [5.41, 5.74) is 3.51. The molecule has 0 radical (unpaired) electrons. The Balaban J connectivity index is 2.34. The summed E-state index contributed by atoms with van der Waals surface area (Å²) < 4.78 is 0. The van der Waals surface area contributed by atoms with Crippen LogP contribution in [-0.2, 0) is 6.42 Å². The van der Waals surface area contributed by atoms with Gasteiger partial charge in [0.05, 0.1) is 6.10 Å². The molecule has 0 saturated carbocycles. The third kappa shape index (κ3) is 1.01. The first-order valence-corrected chi connectivity index (χ1v) is 5.14. The van der Waals surface area contributed by atoms with Gasteiger partial charge in [0, 0.05) is 22.2 Å². The van der Waals surface area contributed by atoms with Gasteiger partial charge in [-0.05, 0) is 25.3 Å². The van der Waals surface area contributed by atoms with E-state index in [4.69, 9.17) is 0 Å². The molecule has 0 spiro atoms. The minimum absolute atomic E-state index is 0.269. The van der Waals surface area contributed by atoms with Crippen LogP contribution in [0.3, 0.4) is 0 Å². The van der Waals surface area contributed by atoms with E-state index in [1.807, 2.05) is 12.1 Å².